The maximum absolute atomic E-state index is 11.6. The van der Waals surface area contributed by atoms with E-state index in [1.165, 1.54) is 4.68 Å². The molecule has 1 aromatic rings. The lowest BCUT2D eigenvalue weighted by molar-refractivity contribution is -0.119. The van der Waals surface area contributed by atoms with Gasteiger partial charge in [-0.3, -0.25) is 9.48 Å². The average Bonchev–Trinajstić information content (AvgIpc) is 2.57. The number of hydrogen-bond donors (Lipinski definition) is 1. The molecular formula is C10H14N4O. The number of carbonyl (C=O) groups excluding carboxylic acids is 1. The first-order valence-electron chi connectivity index (χ1n) is 4.83. The second-order valence-corrected chi connectivity index (χ2v) is 3.48. The van der Waals surface area contributed by atoms with E-state index in [0.29, 0.717) is 11.4 Å². The molecular weight excluding hydrogens is 192 g/mol. The van der Waals surface area contributed by atoms with Gasteiger partial charge in [-0.25, -0.2) is 0 Å². The van der Waals surface area contributed by atoms with E-state index in [2.05, 4.69) is 10.4 Å². The zero-order valence-electron chi connectivity index (χ0n) is 9.11. The molecule has 1 unspecified atom stereocenters. The molecule has 5 heteroatoms. The average molecular weight is 206 g/mol. The molecule has 1 atom stereocenters. The molecule has 80 valence electrons. The van der Waals surface area contributed by atoms with Crippen molar-refractivity contribution >= 4 is 11.7 Å². The van der Waals surface area contributed by atoms with Gasteiger partial charge in [0, 0.05) is 19.2 Å². The van der Waals surface area contributed by atoms with E-state index in [0.717, 1.165) is 6.42 Å². The lowest BCUT2D eigenvalue weighted by Crippen LogP contribution is -2.20. The highest BCUT2D eigenvalue weighted by Crippen LogP contribution is 2.12. The van der Waals surface area contributed by atoms with Crippen LogP contribution in [0.15, 0.2) is 6.20 Å². The van der Waals surface area contributed by atoms with Crippen LogP contribution in [0.4, 0.5) is 5.82 Å². The molecule has 0 aromatic carbocycles. The molecule has 0 fully saturated rings. The van der Waals surface area contributed by atoms with E-state index in [1.807, 2.05) is 19.9 Å². The van der Waals surface area contributed by atoms with Crippen molar-refractivity contribution in [3.05, 3.63) is 11.8 Å². The molecule has 0 aliphatic heterocycles. The van der Waals surface area contributed by atoms with E-state index in [4.69, 9.17) is 5.26 Å². The number of aromatic nitrogens is 2. The minimum atomic E-state index is -0.104. The van der Waals surface area contributed by atoms with Crippen LogP contribution >= 0.6 is 0 Å². The van der Waals surface area contributed by atoms with Gasteiger partial charge in [0.1, 0.15) is 11.6 Å². The van der Waals surface area contributed by atoms with Crippen LogP contribution in [0.2, 0.25) is 0 Å². The maximum atomic E-state index is 11.6. The molecule has 0 spiro atoms. The lowest BCUT2D eigenvalue weighted by atomic mass is 10.1. The highest BCUT2D eigenvalue weighted by atomic mass is 16.1. The van der Waals surface area contributed by atoms with Crippen molar-refractivity contribution in [3.63, 3.8) is 0 Å². The van der Waals surface area contributed by atoms with Gasteiger partial charge in [0.25, 0.3) is 0 Å². The summed E-state index contributed by atoms with van der Waals surface area (Å²) < 4.78 is 1.50. The molecule has 0 bridgehead atoms. The van der Waals surface area contributed by atoms with Gasteiger partial charge in [-0.2, -0.15) is 10.4 Å². The van der Waals surface area contributed by atoms with Crippen LogP contribution in [0.1, 0.15) is 25.8 Å². The third kappa shape index (κ3) is 2.56. The van der Waals surface area contributed by atoms with Gasteiger partial charge >= 0.3 is 0 Å². The standard InChI is InChI=1S/C10H14N4O/c1-4-7(2)10(15)12-9-8(5-11)6-14(3)13-9/h6-7H,4H2,1-3H3,(H,12,13,15). The molecule has 1 heterocycles. The van der Waals surface area contributed by atoms with Crippen LogP contribution in [-0.2, 0) is 11.8 Å². The van der Waals surface area contributed by atoms with Crippen molar-refractivity contribution in [1.82, 2.24) is 9.78 Å². The van der Waals surface area contributed by atoms with E-state index in [-0.39, 0.29) is 11.8 Å². The van der Waals surface area contributed by atoms with Crippen molar-refractivity contribution in [2.45, 2.75) is 20.3 Å². The fourth-order valence-corrected chi connectivity index (χ4v) is 1.09. The summed E-state index contributed by atoms with van der Waals surface area (Å²) in [4.78, 5) is 11.6. The largest absolute Gasteiger partial charge is 0.308 e. The van der Waals surface area contributed by atoms with E-state index in [9.17, 15) is 4.79 Å². The number of rotatable bonds is 3. The Morgan fingerprint density at radius 3 is 3.00 bits per heavy atom. The number of nitrogens with zero attached hydrogens (tertiary/aromatic N) is 3. The summed E-state index contributed by atoms with van der Waals surface area (Å²) in [6.45, 7) is 3.78. The third-order valence-electron chi connectivity index (χ3n) is 2.25. The fraction of sp³-hybridized carbons (Fsp3) is 0.500. The van der Waals surface area contributed by atoms with Crippen molar-refractivity contribution in [3.8, 4) is 6.07 Å². The monoisotopic (exact) mass is 206 g/mol. The normalized spacial score (nSPS) is 11.9. The van der Waals surface area contributed by atoms with Gasteiger partial charge in [0.05, 0.1) is 0 Å². The first-order chi connectivity index (χ1) is 7.08. The second-order valence-electron chi connectivity index (χ2n) is 3.48. The number of nitriles is 1. The zero-order chi connectivity index (χ0) is 11.4. The number of amides is 1. The predicted octanol–water partition coefficient (Wildman–Crippen LogP) is 1.28. The smallest absolute Gasteiger partial charge is 0.228 e. The number of carbonyl (C=O) groups is 1. The summed E-state index contributed by atoms with van der Waals surface area (Å²) in [7, 11) is 1.71. The van der Waals surface area contributed by atoms with Crippen LogP contribution in [0.25, 0.3) is 0 Å². The van der Waals surface area contributed by atoms with Gasteiger partial charge in [-0.1, -0.05) is 13.8 Å². The minimum Gasteiger partial charge on any atom is -0.308 e. The molecule has 0 aliphatic rings. The van der Waals surface area contributed by atoms with Crippen LogP contribution < -0.4 is 5.32 Å². The van der Waals surface area contributed by atoms with Gasteiger partial charge in [-0.15, -0.1) is 0 Å². The Labute approximate surface area is 88.7 Å². The summed E-state index contributed by atoms with van der Waals surface area (Å²) in [5, 5.41) is 15.4. The zero-order valence-corrected chi connectivity index (χ0v) is 9.11. The quantitative estimate of drug-likeness (QED) is 0.809. The number of aryl methyl sites for hydroxylation is 1. The van der Waals surface area contributed by atoms with Gasteiger partial charge in [-0.05, 0) is 6.42 Å². The summed E-state index contributed by atoms with van der Waals surface area (Å²) in [5.41, 5.74) is 0.383. The van der Waals surface area contributed by atoms with E-state index >= 15 is 0 Å². The van der Waals surface area contributed by atoms with Crippen LogP contribution in [-0.4, -0.2) is 15.7 Å². The minimum absolute atomic E-state index is 0.0708. The predicted molar refractivity (Wildman–Crippen MR) is 56.0 cm³/mol. The molecule has 1 N–H and O–H groups in total. The van der Waals surface area contributed by atoms with Crippen molar-refractivity contribution < 1.29 is 4.79 Å². The summed E-state index contributed by atoms with van der Waals surface area (Å²) in [6.07, 6.45) is 2.34. The topological polar surface area (TPSA) is 70.7 Å². The van der Waals surface area contributed by atoms with Crippen LogP contribution in [0, 0.1) is 17.2 Å². The van der Waals surface area contributed by atoms with E-state index in [1.54, 1.807) is 13.2 Å². The van der Waals surface area contributed by atoms with E-state index < -0.39 is 0 Å². The van der Waals surface area contributed by atoms with Crippen LogP contribution in [0.3, 0.4) is 0 Å². The maximum Gasteiger partial charge on any atom is 0.228 e. The highest BCUT2D eigenvalue weighted by molar-refractivity contribution is 5.92. The number of anilines is 1. The first kappa shape index (κ1) is 11.2. The second kappa shape index (κ2) is 4.60. The molecule has 0 saturated heterocycles. The third-order valence-corrected chi connectivity index (χ3v) is 2.25. The molecule has 5 nitrogen and oxygen atoms in total. The first-order valence-corrected chi connectivity index (χ1v) is 4.83. The summed E-state index contributed by atoms with van der Waals surface area (Å²) in [6, 6.07) is 1.98. The van der Waals surface area contributed by atoms with Crippen molar-refractivity contribution in [2.75, 3.05) is 5.32 Å². The molecule has 0 saturated carbocycles. The molecule has 1 amide bonds. The molecule has 1 aromatic heterocycles. The highest BCUT2D eigenvalue weighted by Gasteiger charge is 2.14. The lowest BCUT2D eigenvalue weighted by Gasteiger charge is -2.07. The number of nitrogens with one attached hydrogen (secondary N) is 1. The Bertz CT molecular complexity index is 402. The SMILES string of the molecule is CCC(C)C(=O)Nc1nn(C)cc1C#N. The molecule has 0 aliphatic carbocycles. The molecule has 15 heavy (non-hydrogen) atoms. The Balaban J connectivity index is 2.81. The van der Waals surface area contributed by atoms with Crippen molar-refractivity contribution in [2.24, 2.45) is 13.0 Å². The number of hydrogen-bond acceptors (Lipinski definition) is 3. The Morgan fingerprint density at radius 1 is 1.80 bits per heavy atom. The van der Waals surface area contributed by atoms with Crippen LogP contribution in [0.5, 0.6) is 0 Å². The molecule has 0 radical (unpaired) electrons. The fourth-order valence-electron chi connectivity index (χ4n) is 1.09. The summed E-state index contributed by atoms with van der Waals surface area (Å²) >= 11 is 0. The summed E-state index contributed by atoms with van der Waals surface area (Å²) in [5.74, 6) is 0.163. The molecule has 1 rings (SSSR count). The van der Waals surface area contributed by atoms with Crippen molar-refractivity contribution in [1.29, 1.82) is 5.26 Å². The Morgan fingerprint density at radius 2 is 2.47 bits per heavy atom. The Kier molecular flexibility index (Phi) is 3.45. The Hall–Kier alpha value is -1.83. The van der Waals surface area contributed by atoms with Gasteiger partial charge < -0.3 is 5.32 Å². The van der Waals surface area contributed by atoms with Gasteiger partial charge in [0.15, 0.2) is 5.82 Å². The van der Waals surface area contributed by atoms with Gasteiger partial charge in [0.2, 0.25) is 5.91 Å².